The standard InChI is InChI=1S/C25H32ClN5/c1-27-25(28-18-20-6-10-24(11-7-20)31-14-2-3-15-31)29-23-12-16-30(17-13-23)19-21-4-8-22(26)9-5-21/h2-11,23H,12-19H2,1H3,(H2,27,28,29). The normalized spacial score (nSPS) is 17.9. The van der Waals surface area contributed by atoms with Gasteiger partial charge in [-0.25, -0.2) is 0 Å². The molecule has 0 atom stereocenters. The first-order valence-corrected chi connectivity index (χ1v) is 11.5. The smallest absolute Gasteiger partial charge is 0.191 e. The zero-order valence-corrected chi connectivity index (χ0v) is 19.0. The van der Waals surface area contributed by atoms with Crippen LogP contribution in [0.5, 0.6) is 0 Å². The number of nitrogens with one attached hydrogen (secondary N) is 2. The minimum atomic E-state index is 0.456. The molecule has 5 nitrogen and oxygen atoms in total. The molecule has 164 valence electrons. The van der Waals surface area contributed by atoms with Crippen molar-refractivity contribution in [2.45, 2.75) is 32.0 Å². The second-order valence-electron chi connectivity index (χ2n) is 8.29. The van der Waals surface area contributed by atoms with Crippen molar-refractivity contribution in [1.29, 1.82) is 0 Å². The molecule has 2 heterocycles. The molecule has 2 aromatic rings. The van der Waals surface area contributed by atoms with Crippen LogP contribution in [-0.4, -0.2) is 50.1 Å². The van der Waals surface area contributed by atoms with Gasteiger partial charge in [0, 0.05) is 63.1 Å². The van der Waals surface area contributed by atoms with Crippen LogP contribution in [0.3, 0.4) is 0 Å². The number of piperidine rings is 1. The number of hydrogen-bond donors (Lipinski definition) is 2. The number of halogens is 1. The van der Waals surface area contributed by atoms with Crippen LogP contribution >= 0.6 is 11.6 Å². The summed E-state index contributed by atoms with van der Waals surface area (Å²) in [6.07, 6.45) is 6.67. The molecular formula is C25H32ClN5. The van der Waals surface area contributed by atoms with E-state index in [2.05, 4.69) is 74.0 Å². The molecule has 1 fully saturated rings. The van der Waals surface area contributed by atoms with E-state index in [4.69, 9.17) is 11.6 Å². The van der Waals surface area contributed by atoms with Gasteiger partial charge in [0.15, 0.2) is 5.96 Å². The molecule has 2 aliphatic heterocycles. The third-order valence-corrected chi connectivity index (χ3v) is 6.30. The largest absolute Gasteiger partial charge is 0.364 e. The number of anilines is 1. The summed E-state index contributed by atoms with van der Waals surface area (Å²) in [7, 11) is 1.84. The predicted octanol–water partition coefficient (Wildman–Crippen LogP) is 4.05. The molecule has 2 N–H and O–H groups in total. The third-order valence-electron chi connectivity index (χ3n) is 6.05. The summed E-state index contributed by atoms with van der Waals surface area (Å²) in [5, 5.41) is 7.86. The average molecular weight is 438 g/mol. The maximum atomic E-state index is 5.99. The maximum Gasteiger partial charge on any atom is 0.191 e. The lowest BCUT2D eigenvalue weighted by Crippen LogP contribution is -2.48. The van der Waals surface area contributed by atoms with E-state index in [1.807, 2.05) is 19.2 Å². The third kappa shape index (κ3) is 6.25. The fourth-order valence-corrected chi connectivity index (χ4v) is 4.30. The Hall–Kier alpha value is -2.50. The Balaban J connectivity index is 1.19. The predicted molar refractivity (Wildman–Crippen MR) is 131 cm³/mol. The Bertz CT molecular complexity index is 875. The molecular weight excluding hydrogens is 406 g/mol. The molecule has 0 unspecified atom stereocenters. The number of benzene rings is 2. The molecule has 0 saturated carbocycles. The van der Waals surface area contributed by atoms with Gasteiger partial charge in [0.2, 0.25) is 0 Å². The van der Waals surface area contributed by atoms with Crippen molar-refractivity contribution in [1.82, 2.24) is 15.5 Å². The van der Waals surface area contributed by atoms with Gasteiger partial charge in [0.05, 0.1) is 0 Å². The van der Waals surface area contributed by atoms with Crippen LogP contribution in [-0.2, 0) is 13.1 Å². The topological polar surface area (TPSA) is 42.9 Å². The van der Waals surface area contributed by atoms with Crippen molar-refractivity contribution in [2.24, 2.45) is 4.99 Å². The highest BCUT2D eigenvalue weighted by molar-refractivity contribution is 6.30. The quantitative estimate of drug-likeness (QED) is 0.406. The van der Waals surface area contributed by atoms with E-state index < -0.39 is 0 Å². The van der Waals surface area contributed by atoms with Crippen LogP contribution in [0.4, 0.5) is 5.69 Å². The first-order valence-electron chi connectivity index (χ1n) is 11.1. The van der Waals surface area contributed by atoms with Gasteiger partial charge in [-0.15, -0.1) is 0 Å². The van der Waals surface area contributed by atoms with Gasteiger partial charge >= 0.3 is 0 Å². The van der Waals surface area contributed by atoms with Gasteiger partial charge in [-0.05, 0) is 48.2 Å². The van der Waals surface area contributed by atoms with Crippen LogP contribution < -0.4 is 15.5 Å². The van der Waals surface area contributed by atoms with E-state index in [0.717, 1.165) is 63.1 Å². The highest BCUT2D eigenvalue weighted by atomic mass is 35.5. The van der Waals surface area contributed by atoms with Crippen molar-refractivity contribution in [2.75, 3.05) is 38.1 Å². The SMILES string of the molecule is CN=C(NCc1ccc(N2CC=CC2)cc1)NC1CCN(Cc2ccc(Cl)cc2)CC1. The van der Waals surface area contributed by atoms with Crippen LogP contribution in [0.15, 0.2) is 65.7 Å². The molecule has 2 aliphatic rings. The number of rotatable bonds is 6. The van der Waals surface area contributed by atoms with E-state index in [0.29, 0.717) is 6.04 Å². The second-order valence-corrected chi connectivity index (χ2v) is 8.73. The van der Waals surface area contributed by atoms with Crippen molar-refractivity contribution in [3.63, 3.8) is 0 Å². The maximum absolute atomic E-state index is 5.99. The second kappa shape index (κ2) is 10.7. The lowest BCUT2D eigenvalue weighted by Gasteiger charge is -2.33. The molecule has 0 amide bonds. The van der Waals surface area contributed by atoms with Gasteiger partial charge in [-0.1, -0.05) is 48.0 Å². The van der Waals surface area contributed by atoms with Crippen molar-refractivity contribution in [3.8, 4) is 0 Å². The van der Waals surface area contributed by atoms with E-state index in [1.54, 1.807) is 0 Å². The van der Waals surface area contributed by atoms with Gasteiger partial charge < -0.3 is 15.5 Å². The lowest BCUT2D eigenvalue weighted by molar-refractivity contribution is 0.198. The highest BCUT2D eigenvalue weighted by Gasteiger charge is 2.20. The molecule has 31 heavy (non-hydrogen) atoms. The van der Waals surface area contributed by atoms with Crippen LogP contribution in [0.2, 0.25) is 5.02 Å². The van der Waals surface area contributed by atoms with Crippen LogP contribution in [0, 0.1) is 0 Å². The lowest BCUT2D eigenvalue weighted by atomic mass is 10.0. The van der Waals surface area contributed by atoms with Gasteiger partial charge in [-0.3, -0.25) is 9.89 Å². The minimum Gasteiger partial charge on any atom is -0.364 e. The zero-order chi connectivity index (χ0) is 21.5. The Labute approximate surface area is 190 Å². The monoisotopic (exact) mass is 437 g/mol. The number of likely N-dealkylation sites (tertiary alicyclic amines) is 1. The molecule has 0 aliphatic carbocycles. The molecule has 0 spiro atoms. The molecule has 2 aromatic carbocycles. The van der Waals surface area contributed by atoms with Gasteiger partial charge in [0.1, 0.15) is 0 Å². The number of guanidine groups is 1. The summed E-state index contributed by atoms with van der Waals surface area (Å²) in [5.41, 5.74) is 3.86. The summed E-state index contributed by atoms with van der Waals surface area (Å²) in [5.74, 6) is 0.879. The number of aliphatic imine (C=N–C) groups is 1. The molecule has 1 saturated heterocycles. The zero-order valence-electron chi connectivity index (χ0n) is 18.2. The number of hydrogen-bond acceptors (Lipinski definition) is 3. The summed E-state index contributed by atoms with van der Waals surface area (Å²) in [4.78, 5) is 9.29. The van der Waals surface area contributed by atoms with Gasteiger partial charge in [-0.2, -0.15) is 0 Å². The van der Waals surface area contributed by atoms with Crippen molar-refractivity contribution < 1.29 is 0 Å². The molecule has 0 radical (unpaired) electrons. The molecule has 6 heteroatoms. The molecule has 0 bridgehead atoms. The van der Waals surface area contributed by atoms with Crippen molar-refractivity contribution >= 4 is 23.2 Å². The van der Waals surface area contributed by atoms with Crippen LogP contribution in [0.25, 0.3) is 0 Å². The molecule has 0 aromatic heterocycles. The fourth-order valence-electron chi connectivity index (χ4n) is 4.17. The van der Waals surface area contributed by atoms with E-state index in [-0.39, 0.29) is 0 Å². The Morgan fingerprint density at radius 1 is 0.968 bits per heavy atom. The highest BCUT2D eigenvalue weighted by Crippen LogP contribution is 2.18. The number of nitrogens with zero attached hydrogens (tertiary/aromatic N) is 3. The summed E-state index contributed by atoms with van der Waals surface area (Å²) >= 11 is 5.99. The Kier molecular flexibility index (Phi) is 7.49. The fraction of sp³-hybridized carbons (Fsp3) is 0.400. The minimum absolute atomic E-state index is 0.456. The molecule has 4 rings (SSSR count). The van der Waals surface area contributed by atoms with E-state index in [9.17, 15) is 0 Å². The van der Waals surface area contributed by atoms with Crippen molar-refractivity contribution in [3.05, 3.63) is 76.8 Å². The Morgan fingerprint density at radius 3 is 2.26 bits per heavy atom. The summed E-state index contributed by atoms with van der Waals surface area (Å²) in [6, 6.07) is 17.4. The van der Waals surface area contributed by atoms with E-state index in [1.165, 1.54) is 16.8 Å². The summed E-state index contributed by atoms with van der Waals surface area (Å²) in [6.45, 7) is 5.95. The first-order chi connectivity index (χ1) is 15.2. The van der Waals surface area contributed by atoms with Gasteiger partial charge in [0.25, 0.3) is 0 Å². The Morgan fingerprint density at radius 2 is 1.61 bits per heavy atom. The van der Waals surface area contributed by atoms with E-state index >= 15 is 0 Å². The first kappa shape index (κ1) is 21.7. The summed E-state index contributed by atoms with van der Waals surface area (Å²) < 4.78 is 0. The average Bonchev–Trinajstić information content (AvgIpc) is 3.35. The van der Waals surface area contributed by atoms with Crippen LogP contribution in [0.1, 0.15) is 24.0 Å².